The second-order valence-electron chi connectivity index (χ2n) is 4.18. The molecule has 2 rings (SSSR count). The Labute approximate surface area is 90.1 Å². The molecule has 2 saturated heterocycles. The maximum atomic E-state index is 3.46. The fraction of sp³-hybridized carbons (Fsp3) is 1.00. The third kappa shape index (κ3) is 2.96. The summed E-state index contributed by atoms with van der Waals surface area (Å²) in [5.41, 5.74) is 0.592. The lowest BCUT2D eigenvalue weighted by Crippen LogP contribution is -2.27. The molecular weight excluding hydrogens is 172 g/mol. The zero-order valence-electron chi connectivity index (χ0n) is 10.9. The van der Waals surface area contributed by atoms with Crippen LogP contribution in [-0.2, 0) is 0 Å². The number of hydrogen-bond acceptors (Lipinski definition) is 2. The molecule has 2 heterocycles. The maximum absolute atomic E-state index is 3.46. The Balaban J connectivity index is 0.000000379. The standard InChI is InChI=1S/C8H16N2.2C2H6/c1-8-5-9-3-7(8)4-10(2)6-8;2*1-2/h7,9H,3-6H2,1-2H3;2*1-2H3. The molecule has 0 radical (unpaired) electrons. The number of nitrogens with one attached hydrogen (secondary N) is 1. The molecule has 2 heteroatoms. The van der Waals surface area contributed by atoms with Gasteiger partial charge in [-0.25, -0.2) is 0 Å². The first kappa shape index (κ1) is 13.9. The third-order valence-corrected chi connectivity index (χ3v) is 3.07. The molecule has 0 aromatic rings. The highest BCUT2D eigenvalue weighted by Gasteiger charge is 2.44. The Kier molecular flexibility index (Phi) is 6.38. The van der Waals surface area contributed by atoms with Crippen LogP contribution in [0.15, 0.2) is 0 Å². The topological polar surface area (TPSA) is 15.3 Å². The van der Waals surface area contributed by atoms with Crippen LogP contribution in [0.5, 0.6) is 0 Å². The van der Waals surface area contributed by atoms with Crippen LogP contribution >= 0.6 is 0 Å². The van der Waals surface area contributed by atoms with Crippen molar-refractivity contribution in [3.05, 3.63) is 0 Å². The monoisotopic (exact) mass is 200 g/mol. The minimum atomic E-state index is 0.592. The van der Waals surface area contributed by atoms with E-state index in [1.807, 2.05) is 27.7 Å². The summed E-state index contributed by atoms with van der Waals surface area (Å²) in [6, 6.07) is 0. The predicted molar refractivity (Wildman–Crippen MR) is 64.7 cm³/mol. The zero-order chi connectivity index (χ0) is 11.2. The zero-order valence-corrected chi connectivity index (χ0v) is 10.9. The molecule has 0 bridgehead atoms. The Hall–Kier alpha value is -0.0800. The molecule has 2 fully saturated rings. The lowest BCUT2D eigenvalue weighted by molar-refractivity contribution is 0.309. The third-order valence-electron chi connectivity index (χ3n) is 3.07. The number of fused-ring (bicyclic) bond motifs is 1. The largest absolute Gasteiger partial charge is 0.316 e. The van der Waals surface area contributed by atoms with Gasteiger partial charge in [0.25, 0.3) is 0 Å². The summed E-state index contributed by atoms with van der Waals surface area (Å²) in [4.78, 5) is 2.45. The highest BCUT2D eigenvalue weighted by atomic mass is 15.2. The van der Waals surface area contributed by atoms with Gasteiger partial charge in [-0.05, 0) is 24.9 Å². The number of nitrogens with zero attached hydrogens (tertiary/aromatic N) is 1. The molecule has 14 heavy (non-hydrogen) atoms. The van der Waals surface area contributed by atoms with Gasteiger partial charge in [0.15, 0.2) is 0 Å². The van der Waals surface area contributed by atoms with E-state index < -0.39 is 0 Å². The SMILES string of the molecule is CC.CC.CN1CC2CNCC2(C)C1. The van der Waals surface area contributed by atoms with Crippen molar-refractivity contribution in [2.75, 3.05) is 33.2 Å². The van der Waals surface area contributed by atoms with Crippen molar-refractivity contribution in [2.24, 2.45) is 11.3 Å². The van der Waals surface area contributed by atoms with Gasteiger partial charge in [0.2, 0.25) is 0 Å². The first-order valence-corrected chi connectivity index (χ1v) is 6.10. The second-order valence-corrected chi connectivity index (χ2v) is 4.18. The highest BCUT2D eigenvalue weighted by Crippen LogP contribution is 2.37. The minimum Gasteiger partial charge on any atom is -0.316 e. The van der Waals surface area contributed by atoms with E-state index >= 15 is 0 Å². The summed E-state index contributed by atoms with van der Waals surface area (Å²) >= 11 is 0. The number of hydrogen-bond donors (Lipinski definition) is 1. The molecule has 1 N–H and O–H groups in total. The first-order valence-electron chi connectivity index (χ1n) is 6.10. The van der Waals surface area contributed by atoms with Gasteiger partial charge in [-0.3, -0.25) is 0 Å². The summed E-state index contributed by atoms with van der Waals surface area (Å²) in [5, 5.41) is 3.46. The van der Waals surface area contributed by atoms with Gasteiger partial charge in [0.1, 0.15) is 0 Å². The number of rotatable bonds is 0. The smallest absolute Gasteiger partial charge is 0.00482 e. The van der Waals surface area contributed by atoms with E-state index in [1.165, 1.54) is 26.2 Å². The van der Waals surface area contributed by atoms with Crippen molar-refractivity contribution in [1.29, 1.82) is 0 Å². The Bertz CT molecular complexity index is 147. The van der Waals surface area contributed by atoms with Crippen LogP contribution < -0.4 is 5.32 Å². The van der Waals surface area contributed by atoms with Crippen molar-refractivity contribution in [3.63, 3.8) is 0 Å². The molecule has 0 saturated carbocycles. The van der Waals surface area contributed by atoms with Gasteiger partial charge in [0.05, 0.1) is 0 Å². The van der Waals surface area contributed by atoms with Crippen molar-refractivity contribution < 1.29 is 0 Å². The Morgan fingerprint density at radius 3 is 2.29 bits per heavy atom. The van der Waals surface area contributed by atoms with E-state index in [1.54, 1.807) is 0 Å². The van der Waals surface area contributed by atoms with Crippen LogP contribution in [0.25, 0.3) is 0 Å². The van der Waals surface area contributed by atoms with E-state index in [0.717, 1.165) is 5.92 Å². The molecule has 0 aromatic heterocycles. The molecular formula is C12H28N2. The van der Waals surface area contributed by atoms with Crippen molar-refractivity contribution in [1.82, 2.24) is 10.2 Å². The molecule has 2 unspecified atom stereocenters. The van der Waals surface area contributed by atoms with E-state index in [0.29, 0.717) is 5.41 Å². The maximum Gasteiger partial charge on any atom is 0.00482 e. The predicted octanol–water partition coefficient (Wildman–Crippen LogP) is 2.21. The molecule has 0 amide bonds. The van der Waals surface area contributed by atoms with E-state index in [9.17, 15) is 0 Å². The van der Waals surface area contributed by atoms with Crippen LogP contribution in [0.4, 0.5) is 0 Å². The quantitative estimate of drug-likeness (QED) is 0.645. The Morgan fingerprint density at radius 2 is 1.79 bits per heavy atom. The van der Waals surface area contributed by atoms with E-state index in [2.05, 4.69) is 24.2 Å². The van der Waals surface area contributed by atoms with Crippen LogP contribution in [-0.4, -0.2) is 38.1 Å². The molecule has 0 aromatic carbocycles. The molecule has 0 aliphatic carbocycles. The van der Waals surface area contributed by atoms with Gasteiger partial charge < -0.3 is 10.2 Å². The van der Waals surface area contributed by atoms with E-state index in [4.69, 9.17) is 0 Å². The van der Waals surface area contributed by atoms with Gasteiger partial charge >= 0.3 is 0 Å². The van der Waals surface area contributed by atoms with Crippen molar-refractivity contribution >= 4 is 0 Å². The van der Waals surface area contributed by atoms with Crippen molar-refractivity contribution in [2.45, 2.75) is 34.6 Å². The lowest BCUT2D eigenvalue weighted by atomic mass is 9.83. The average Bonchev–Trinajstić information content (AvgIpc) is 2.65. The second kappa shape index (κ2) is 6.41. The Morgan fingerprint density at radius 1 is 1.21 bits per heavy atom. The van der Waals surface area contributed by atoms with Gasteiger partial charge in [-0.2, -0.15) is 0 Å². The van der Waals surface area contributed by atoms with Gasteiger partial charge in [-0.15, -0.1) is 0 Å². The van der Waals surface area contributed by atoms with E-state index in [-0.39, 0.29) is 0 Å². The molecule has 2 aliphatic heterocycles. The fourth-order valence-corrected chi connectivity index (χ4v) is 2.45. The fourth-order valence-electron chi connectivity index (χ4n) is 2.45. The highest BCUT2D eigenvalue weighted by molar-refractivity contribution is 4.99. The lowest BCUT2D eigenvalue weighted by Gasteiger charge is -2.20. The number of likely N-dealkylation sites (tertiary alicyclic amines) is 1. The van der Waals surface area contributed by atoms with Crippen LogP contribution in [0.2, 0.25) is 0 Å². The summed E-state index contributed by atoms with van der Waals surface area (Å²) < 4.78 is 0. The summed E-state index contributed by atoms with van der Waals surface area (Å²) in [6.45, 7) is 15.4. The molecule has 86 valence electrons. The first-order chi connectivity index (χ1) is 6.71. The molecule has 2 aliphatic rings. The van der Waals surface area contributed by atoms with Gasteiger partial charge in [0, 0.05) is 19.6 Å². The molecule has 2 atom stereocenters. The van der Waals surface area contributed by atoms with Crippen LogP contribution in [0.3, 0.4) is 0 Å². The summed E-state index contributed by atoms with van der Waals surface area (Å²) in [7, 11) is 2.23. The van der Waals surface area contributed by atoms with Crippen molar-refractivity contribution in [3.8, 4) is 0 Å². The average molecular weight is 200 g/mol. The molecule has 2 nitrogen and oxygen atoms in total. The minimum absolute atomic E-state index is 0.592. The molecule has 0 spiro atoms. The van der Waals surface area contributed by atoms with Crippen LogP contribution in [0, 0.1) is 11.3 Å². The van der Waals surface area contributed by atoms with Crippen LogP contribution in [0.1, 0.15) is 34.6 Å². The summed E-state index contributed by atoms with van der Waals surface area (Å²) in [6.07, 6.45) is 0. The summed E-state index contributed by atoms with van der Waals surface area (Å²) in [5.74, 6) is 0.914. The van der Waals surface area contributed by atoms with Gasteiger partial charge in [-0.1, -0.05) is 34.6 Å². The normalized spacial score (nSPS) is 35.1.